The number of thiophene rings is 1. The van der Waals surface area contributed by atoms with Crippen molar-refractivity contribution in [1.29, 1.82) is 0 Å². The standard InChI is InChI=1S/C12H8Br2ClIS/c1-6-4-10(17-12(6)15)11(14)8-5-7(16)2-3-9(8)13/h2-5,11H,1H3. The second-order valence-electron chi connectivity index (χ2n) is 3.63. The van der Waals surface area contributed by atoms with Gasteiger partial charge in [0.15, 0.2) is 0 Å². The van der Waals surface area contributed by atoms with Crippen LogP contribution in [0.1, 0.15) is 20.8 Å². The number of benzene rings is 1. The van der Waals surface area contributed by atoms with Crippen LogP contribution in [0.25, 0.3) is 0 Å². The minimum atomic E-state index is 0.183. The Morgan fingerprint density at radius 1 is 1.35 bits per heavy atom. The van der Waals surface area contributed by atoms with E-state index in [1.54, 1.807) is 11.3 Å². The van der Waals surface area contributed by atoms with Crippen molar-refractivity contribution in [3.8, 4) is 0 Å². The van der Waals surface area contributed by atoms with Crippen molar-refractivity contribution in [2.75, 3.05) is 0 Å². The molecule has 0 aliphatic heterocycles. The Morgan fingerprint density at radius 2 is 2.06 bits per heavy atom. The van der Waals surface area contributed by atoms with Crippen molar-refractivity contribution in [1.82, 2.24) is 0 Å². The molecule has 1 aromatic heterocycles. The van der Waals surface area contributed by atoms with Crippen LogP contribution in [0, 0.1) is 10.5 Å². The fraction of sp³-hybridized carbons (Fsp3) is 0.167. The number of hydrogen-bond donors (Lipinski definition) is 0. The van der Waals surface area contributed by atoms with Crippen molar-refractivity contribution in [2.45, 2.75) is 11.8 Å². The van der Waals surface area contributed by atoms with Crippen LogP contribution < -0.4 is 0 Å². The number of aryl methyl sites for hydroxylation is 1. The van der Waals surface area contributed by atoms with Crippen LogP contribution in [0.2, 0.25) is 4.34 Å². The lowest BCUT2D eigenvalue weighted by molar-refractivity contribution is 1.20. The average Bonchev–Trinajstić information content (AvgIpc) is 2.62. The molecule has 90 valence electrons. The van der Waals surface area contributed by atoms with Crippen molar-refractivity contribution < 1.29 is 0 Å². The summed E-state index contributed by atoms with van der Waals surface area (Å²) >= 11 is 17.4. The second-order valence-corrected chi connectivity index (χ2v) is 8.34. The van der Waals surface area contributed by atoms with Crippen LogP contribution in [-0.2, 0) is 0 Å². The molecule has 1 atom stereocenters. The second kappa shape index (κ2) is 5.90. The first-order chi connectivity index (χ1) is 7.99. The first-order valence-electron chi connectivity index (χ1n) is 4.84. The third-order valence-corrected chi connectivity index (χ3v) is 6.66. The summed E-state index contributed by atoms with van der Waals surface area (Å²) in [4.78, 5) is 1.41. The predicted octanol–water partition coefficient (Wildman–Crippen LogP) is 6.56. The van der Waals surface area contributed by atoms with E-state index in [-0.39, 0.29) is 4.83 Å². The zero-order valence-electron chi connectivity index (χ0n) is 8.81. The summed E-state index contributed by atoms with van der Waals surface area (Å²) in [5.41, 5.74) is 2.37. The Morgan fingerprint density at radius 3 is 2.65 bits per heavy atom. The maximum atomic E-state index is 6.12. The molecule has 1 unspecified atom stereocenters. The van der Waals surface area contributed by atoms with Gasteiger partial charge in [0.1, 0.15) is 0 Å². The zero-order chi connectivity index (χ0) is 12.6. The Kier molecular flexibility index (Phi) is 4.97. The van der Waals surface area contributed by atoms with E-state index in [9.17, 15) is 0 Å². The van der Waals surface area contributed by atoms with Gasteiger partial charge in [-0.25, -0.2) is 0 Å². The highest BCUT2D eigenvalue weighted by molar-refractivity contribution is 14.1. The highest BCUT2D eigenvalue weighted by Gasteiger charge is 2.17. The number of rotatable bonds is 2. The first-order valence-corrected chi connectivity index (χ1v) is 8.82. The van der Waals surface area contributed by atoms with Gasteiger partial charge in [-0.3, -0.25) is 0 Å². The molecule has 0 saturated heterocycles. The third kappa shape index (κ3) is 3.26. The maximum absolute atomic E-state index is 6.12. The molecule has 0 aliphatic carbocycles. The molecule has 17 heavy (non-hydrogen) atoms. The van der Waals surface area contributed by atoms with Gasteiger partial charge in [-0.15, -0.1) is 11.3 Å². The molecule has 2 aromatic rings. The Labute approximate surface area is 140 Å². The van der Waals surface area contributed by atoms with Crippen LogP contribution in [-0.4, -0.2) is 0 Å². The lowest BCUT2D eigenvalue weighted by Gasteiger charge is -2.10. The molecule has 0 aliphatic rings. The van der Waals surface area contributed by atoms with Gasteiger partial charge in [0.25, 0.3) is 0 Å². The van der Waals surface area contributed by atoms with Crippen LogP contribution in [0.15, 0.2) is 28.7 Å². The molecule has 0 radical (unpaired) electrons. The minimum Gasteiger partial charge on any atom is -0.127 e. The SMILES string of the molecule is Cc1cc(C(Br)c2cc(I)ccc2Br)sc1Cl. The molecular formula is C12H8Br2ClIS. The zero-order valence-corrected chi connectivity index (χ0v) is 15.7. The lowest BCUT2D eigenvalue weighted by Crippen LogP contribution is -1.92. The molecule has 0 amide bonds. The molecule has 1 heterocycles. The monoisotopic (exact) mass is 504 g/mol. The normalized spacial score (nSPS) is 12.8. The largest absolute Gasteiger partial charge is 0.127 e. The van der Waals surface area contributed by atoms with Gasteiger partial charge in [-0.1, -0.05) is 43.5 Å². The maximum Gasteiger partial charge on any atom is 0.0960 e. The molecule has 2 rings (SSSR count). The van der Waals surface area contributed by atoms with E-state index >= 15 is 0 Å². The quantitative estimate of drug-likeness (QED) is 0.320. The van der Waals surface area contributed by atoms with E-state index in [1.807, 2.05) is 6.92 Å². The lowest BCUT2D eigenvalue weighted by atomic mass is 10.1. The summed E-state index contributed by atoms with van der Waals surface area (Å²) in [5, 5.41) is 0. The highest BCUT2D eigenvalue weighted by Crippen LogP contribution is 2.41. The van der Waals surface area contributed by atoms with Crippen LogP contribution in [0.5, 0.6) is 0 Å². The molecule has 0 saturated carbocycles. The van der Waals surface area contributed by atoms with Crippen molar-refractivity contribution >= 4 is 77.4 Å². The van der Waals surface area contributed by atoms with Crippen LogP contribution >= 0.6 is 77.4 Å². The van der Waals surface area contributed by atoms with Crippen LogP contribution in [0.3, 0.4) is 0 Å². The fourth-order valence-electron chi connectivity index (χ4n) is 1.47. The van der Waals surface area contributed by atoms with Crippen molar-refractivity contribution in [2.24, 2.45) is 0 Å². The van der Waals surface area contributed by atoms with Gasteiger partial charge >= 0.3 is 0 Å². The summed E-state index contributed by atoms with van der Waals surface area (Å²) in [7, 11) is 0. The Bertz CT molecular complexity index is 534. The number of alkyl halides is 1. The van der Waals surface area contributed by atoms with Gasteiger partial charge in [-0.2, -0.15) is 0 Å². The summed E-state index contributed by atoms with van der Waals surface area (Å²) in [6, 6.07) is 8.47. The van der Waals surface area contributed by atoms with Gasteiger partial charge < -0.3 is 0 Å². The van der Waals surface area contributed by atoms with Crippen LogP contribution in [0.4, 0.5) is 0 Å². The minimum absolute atomic E-state index is 0.183. The molecule has 0 spiro atoms. The number of halogens is 4. The van der Waals surface area contributed by atoms with Gasteiger partial charge in [-0.05, 0) is 64.9 Å². The highest BCUT2D eigenvalue weighted by atomic mass is 127. The Hall–Kier alpha value is 0.900. The van der Waals surface area contributed by atoms with Gasteiger partial charge in [0, 0.05) is 12.9 Å². The molecule has 1 aromatic carbocycles. The molecular weight excluding hydrogens is 498 g/mol. The van der Waals surface area contributed by atoms with E-state index in [1.165, 1.54) is 14.0 Å². The molecule has 0 bridgehead atoms. The van der Waals surface area contributed by atoms with E-state index in [4.69, 9.17) is 11.6 Å². The summed E-state index contributed by atoms with van der Waals surface area (Å²) in [5.74, 6) is 0. The van der Waals surface area contributed by atoms with Gasteiger partial charge in [0.05, 0.1) is 9.16 Å². The molecule has 0 nitrogen and oxygen atoms in total. The third-order valence-electron chi connectivity index (χ3n) is 2.36. The molecule has 0 fully saturated rings. The predicted molar refractivity (Wildman–Crippen MR) is 91.7 cm³/mol. The first kappa shape index (κ1) is 14.3. The Balaban J connectivity index is 2.42. The smallest absolute Gasteiger partial charge is 0.0960 e. The molecule has 0 N–H and O–H groups in total. The van der Waals surface area contributed by atoms with E-state index in [0.717, 1.165) is 14.4 Å². The average molecular weight is 506 g/mol. The van der Waals surface area contributed by atoms with Crippen molar-refractivity contribution in [3.05, 3.63) is 52.6 Å². The van der Waals surface area contributed by atoms with E-state index in [0.29, 0.717) is 0 Å². The van der Waals surface area contributed by atoms with Gasteiger partial charge in [0.2, 0.25) is 0 Å². The topological polar surface area (TPSA) is 0 Å². The fourth-order valence-corrected chi connectivity index (χ4v) is 4.77. The summed E-state index contributed by atoms with van der Waals surface area (Å²) in [6.07, 6.45) is 0. The number of hydrogen-bond acceptors (Lipinski definition) is 1. The van der Waals surface area contributed by atoms with E-state index in [2.05, 4.69) is 78.7 Å². The summed E-state index contributed by atoms with van der Waals surface area (Å²) < 4.78 is 3.21. The van der Waals surface area contributed by atoms with E-state index < -0.39 is 0 Å². The molecule has 5 heteroatoms. The summed E-state index contributed by atoms with van der Waals surface area (Å²) in [6.45, 7) is 2.03. The van der Waals surface area contributed by atoms with Crippen molar-refractivity contribution in [3.63, 3.8) is 0 Å².